The summed E-state index contributed by atoms with van der Waals surface area (Å²) in [6.07, 6.45) is 0.776. The Kier molecular flexibility index (Phi) is 15.3. The summed E-state index contributed by atoms with van der Waals surface area (Å²) in [6, 6.07) is 19.7. The summed E-state index contributed by atoms with van der Waals surface area (Å²) in [7, 11) is 0. The number of ether oxygens (including phenoxy) is 2. The molecule has 6 nitrogen and oxygen atoms in total. The largest absolute Gasteiger partial charge is 0.465 e. The van der Waals surface area contributed by atoms with Crippen molar-refractivity contribution in [2.75, 3.05) is 37.8 Å². The molecule has 0 unspecified atom stereocenters. The van der Waals surface area contributed by atoms with E-state index in [0.29, 0.717) is 37.8 Å². The Morgan fingerprint density at radius 2 is 1.11 bits per heavy atom. The molecule has 0 amide bonds. The van der Waals surface area contributed by atoms with Crippen molar-refractivity contribution in [3.05, 3.63) is 71.8 Å². The van der Waals surface area contributed by atoms with Crippen molar-refractivity contribution in [1.29, 1.82) is 0 Å². The normalized spacial score (nSPS) is 12.6. The van der Waals surface area contributed by atoms with Crippen molar-refractivity contribution in [2.24, 2.45) is 0 Å². The summed E-state index contributed by atoms with van der Waals surface area (Å²) >= 11 is 3.42. The SMILES string of the molecule is CCOC(=O)[C@H](CSCc1ccccc1)NCCCN[C@@H](CSCc1ccccc1)C(=O)OCC. The average Bonchev–Trinajstić information content (AvgIpc) is 2.88. The third-order valence-electron chi connectivity index (χ3n) is 5.07. The fourth-order valence-electron chi connectivity index (χ4n) is 3.29. The Hall–Kier alpha value is -2.00. The van der Waals surface area contributed by atoms with Gasteiger partial charge in [-0.2, -0.15) is 23.5 Å². The number of carbonyl (C=O) groups is 2. The lowest BCUT2D eigenvalue weighted by Crippen LogP contribution is -2.43. The van der Waals surface area contributed by atoms with Gasteiger partial charge in [-0.25, -0.2) is 0 Å². The molecule has 2 aromatic carbocycles. The Labute approximate surface area is 218 Å². The molecule has 0 aromatic heterocycles. The highest BCUT2D eigenvalue weighted by Gasteiger charge is 2.21. The number of benzene rings is 2. The van der Waals surface area contributed by atoms with Crippen molar-refractivity contribution in [3.8, 4) is 0 Å². The molecule has 0 fully saturated rings. The van der Waals surface area contributed by atoms with E-state index in [1.807, 2.05) is 50.2 Å². The summed E-state index contributed by atoms with van der Waals surface area (Å²) in [5.41, 5.74) is 2.47. The predicted octanol–water partition coefficient (Wildman–Crippen LogP) is 4.29. The summed E-state index contributed by atoms with van der Waals surface area (Å²) < 4.78 is 10.5. The van der Waals surface area contributed by atoms with Crippen molar-refractivity contribution in [1.82, 2.24) is 10.6 Å². The molecule has 0 bridgehead atoms. The summed E-state index contributed by atoms with van der Waals surface area (Å²) in [5.74, 6) is 2.54. The van der Waals surface area contributed by atoms with Crippen LogP contribution in [0.1, 0.15) is 31.4 Å². The zero-order chi connectivity index (χ0) is 25.1. The van der Waals surface area contributed by atoms with E-state index in [0.717, 1.165) is 17.9 Å². The van der Waals surface area contributed by atoms with Gasteiger partial charge in [0, 0.05) is 23.0 Å². The minimum absolute atomic E-state index is 0.220. The molecule has 0 aliphatic carbocycles. The zero-order valence-electron chi connectivity index (χ0n) is 20.7. The maximum absolute atomic E-state index is 12.4. The third-order valence-corrected chi connectivity index (χ3v) is 7.28. The zero-order valence-corrected chi connectivity index (χ0v) is 22.4. The summed E-state index contributed by atoms with van der Waals surface area (Å²) in [4.78, 5) is 24.8. The van der Waals surface area contributed by atoms with Crippen LogP contribution in [0, 0.1) is 0 Å². The van der Waals surface area contributed by atoms with E-state index in [9.17, 15) is 9.59 Å². The van der Waals surface area contributed by atoms with Crippen LogP contribution >= 0.6 is 23.5 Å². The molecular weight excluding hydrogens is 480 g/mol. The first kappa shape index (κ1) is 29.2. The van der Waals surface area contributed by atoms with Gasteiger partial charge in [-0.05, 0) is 44.5 Å². The van der Waals surface area contributed by atoms with Gasteiger partial charge < -0.3 is 20.1 Å². The fourth-order valence-corrected chi connectivity index (χ4v) is 5.36. The molecule has 0 aliphatic rings. The molecule has 0 saturated heterocycles. The number of hydrogen-bond acceptors (Lipinski definition) is 8. The lowest BCUT2D eigenvalue weighted by atomic mass is 10.2. The highest BCUT2D eigenvalue weighted by Crippen LogP contribution is 2.14. The van der Waals surface area contributed by atoms with Crippen LogP contribution in [0.25, 0.3) is 0 Å². The maximum atomic E-state index is 12.4. The Bertz CT molecular complexity index is 770. The maximum Gasteiger partial charge on any atom is 0.323 e. The molecule has 0 saturated carbocycles. The van der Waals surface area contributed by atoms with E-state index in [2.05, 4.69) is 34.9 Å². The van der Waals surface area contributed by atoms with Crippen molar-refractivity contribution in [3.63, 3.8) is 0 Å². The Morgan fingerprint density at radius 1 is 0.714 bits per heavy atom. The second kappa shape index (κ2) is 18.3. The number of carbonyl (C=O) groups excluding carboxylic acids is 2. The molecule has 2 aromatic rings. The van der Waals surface area contributed by atoms with Crippen LogP contribution in [0.15, 0.2) is 60.7 Å². The van der Waals surface area contributed by atoms with Gasteiger partial charge in [0.2, 0.25) is 0 Å². The van der Waals surface area contributed by atoms with Gasteiger partial charge in [0.15, 0.2) is 0 Å². The molecule has 192 valence electrons. The number of hydrogen-bond donors (Lipinski definition) is 2. The molecular formula is C27H38N2O4S2. The van der Waals surface area contributed by atoms with Gasteiger partial charge in [-0.15, -0.1) is 0 Å². The van der Waals surface area contributed by atoms with Crippen LogP contribution < -0.4 is 10.6 Å². The van der Waals surface area contributed by atoms with E-state index in [1.165, 1.54) is 11.1 Å². The van der Waals surface area contributed by atoms with Crippen LogP contribution in [0.2, 0.25) is 0 Å². The molecule has 2 atom stereocenters. The predicted molar refractivity (Wildman–Crippen MR) is 147 cm³/mol. The smallest absolute Gasteiger partial charge is 0.323 e. The van der Waals surface area contributed by atoms with Crippen LogP contribution in [0.3, 0.4) is 0 Å². The lowest BCUT2D eigenvalue weighted by Gasteiger charge is -2.19. The molecule has 2 rings (SSSR count). The Balaban J connectivity index is 1.73. The second-order valence-corrected chi connectivity index (χ2v) is 9.93. The fraction of sp³-hybridized carbons (Fsp3) is 0.481. The van der Waals surface area contributed by atoms with E-state index in [4.69, 9.17) is 9.47 Å². The first-order valence-electron chi connectivity index (χ1n) is 12.2. The van der Waals surface area contributed by atoms with E-state index in [1.54, 1.807) is 23.5 Å². The highest BCUT2D eigenvalue weighted by molar-refractivity contribution is 7.98. The Morgan fingerprint density at radius 3 is 1.49 bits per heavy atom. The van der Waals surface area contributed by atoms with Crippen LogP contribution in [0.5, 0.6) is 0 Å². The molecule has 2 N–H and O–H groups in total. The van der Waals surface area contributed by atoms with Crippen LogP contribution in [-0.4, -0.2) is 61.8 Å². The number of rotatable bonds is 18. The summed E-state index contributed by atoms with van der Waals surface area (Å²) in [5, 5.41) is 6.65. The standard InChI is InChI=1S/C27H38N2O4S2/c1-3-32-26(30)24(20-34-18-22-12-7-5-8-13-22)28-16-11-17-29-25(27(31)33-4-2)21-35-19-23-14-9-6-10-15-23/h5-10,12-15,24-25,28-29H,3-4,11,16-21H2,1-2H3/t24-,25-/m0/s1. The second-order valence-electron chi connectivity index (χ2n) is 7.87. The lowest BCUT2D eigenvalue weighted by molar-refractivity contribution is -0.145. The number of nitrogens with one attached hydrogen (secondary N) is 2. The third kappa shape index (κ3) is 12.5. The molecule has 0 spiro atoms. The molecule has 0 aliphatic heterocycles. The summed E-state index contributed by atoms with van der Waals surface area (Å²) in [6.45, 7) is 5.67. The van der Waals surface area contributed by atoms with Gasteiger partial charge in [0.1, 0.15) is 12.1 Å². The topological polar surface area (TPSA) is 76.7 Å². The first-order valence-corrected chi connectivity index (χ1v) is 14.5. The van der Waals surface area contributed by atoms with Gasteiger partial charge in [-0.1, -0.05) is 60.7 Å². The van der Waals surface area contributed by atoms with Gasteiger partial charge >= 0.3 is 11.9 Å². The van der Waals surface area contributed by atoms with Crippen LogP contribution in [0.4, 0.5) is 0 Å². The van der Waals surface area contributed by atoms with Crippen molar-refractivity contribution >= 4 is 35.5 Å². The van der Waals surface area contributed by atoms with Gasteiger partial charge in [-0.3, -0.25) is 9.59 Å². The minimum atomic E-state index is -0.356. The van der Waals surface area contributed by atoms with E-state index >= 15 is 0 Å². The minimum Gasteiger partial charge on any atom is -0.465 e. The first-order chi connectivity index (χ1) is 17.1. The molecule has 35 heavy (non-hydrogen) atoms. The van der Waals surface area contributed by atoms with Crippen molar-refractivity contribution < 1.29 is 19.1 Å². The van der Waals surface area contributed by atoms with Gasteiger partial charge in [0.25, 0.3) is 0 Å². The highest BCUT2D eigenvalue weighted by atomic mass is 32.2. The van der Waals surface area contributed by atoms with Crippen LogP contribution in [-0.2, 0) is 30.6 Å². The number of thioether (sulfide) groups is 2. The van der Waals surface area contributed by atoms with Gasteiger partial charge in [0.05, 0.1) is 13.2 Å². The number of esters is 2. The molecule has 8 heteroatoms. The van der Waals surface area contributed by atoms with E-state index < -0.39 is 0 Å². The van der Waals surface area contributed by atoms with E-state index in [-0.39, 0.29) is 24.0 Å². The van der Waals surface area contributed by atoms with Crippen molar-refractivity contribution in [2.45, 2.75) is 43.9 Å². The molecule has 0 heterocycles. The average molecular weight is 519 g/mol. The monoisotopic (exact) mass is 518 g/mol. The molecule has 0 radical (unpaired) electrons. The quantitative estimate of drug-likeness (QED) is 0.224.